The molecule has 1 rings (SSSR count). The summed E-state index contributed by atoms with van der Waals surface area (Å²) in [4.78, 5) is 14.6. The Morgan fingerprint density at radius 3 is 2.53 bits per heavy atom. The summed E-state index contributed by atoms with van der Waals surface area (Å²) in [7, 11) is 4.98. The molecule has 1 amide bonds. The van der Waals surface area contributed by atoms with Crippen molar-refractivity contribution in [3.63, 3.8) is 0 Å². The van der Waals surface area contributed by atoms with Crippen molar-refractivity contribution < 1.29 is 9.18 Å². The fraction of sp³-hybridized carbons (Fsp3) is 0.364. The van der Waals surface area contributed by atoms with Gasteiger partial charge in [-0.3, -0.25) is 4.79 Å². The zero-order valence-corrected chi connectivity index (χ0v) is 10.8. The van der Waals surface area contributed by atoms with Crippen LogP contribution in [0.3, 0.4) is 0 Å². The van der Waals surface area contributed by atoms with Crippen molar-refractivity contribution in [3.05, 3.63) is 23.0 Å². The number of carbonyl (C=O) groups excluding carboxylic acids is 1. The number of hydrogen-bond donors (Lipinski definition) is 1. The van der Waals surface area contributed by atoms with Gasteiger partial charge in [0.15, 0.2) is 0 Å². The summed E-state index contributed by atoms with van der Waals surface area (Å²) in [6, 6.07) is 2.56. The molecule has 0 heterocycles. The molecular formula is C11H15ClFN3O. The van der Waals surface area contributed by atoms with Crippen LogP contribution < -0.4 is 10.6 Å². The van der Waals surface area contributed by atoms with Crippen molar-refractivity contribution in [2.24, 2.45) is 0 Å². The molecule has 0 unspecified atom stereocenters. The van der Waals surface area contributed by atoms with E-state index in [4.69, 9.17) is 17.3 Å². The molecule has 0 atom stereocenters. The molecule has 6 heteroatoms. The second kappa shape index (κ2) is 5.23. The van der Waals surface area contributed by atoms with Crippen LogP contribution in [0.5, 0.6) is 0 Å². The maximum absolute atomic E-state index is 13.3. The van der Waals surface area contributed by atoms with E-state index in [9.17, 15) is 9.18 Å². The fourth-order valence-corrected chi connectivity index (χ4v) is 1.48. The van der Waals surface area contributed by atoms with Crippen LogP contribution in [-0.2, 0) is 4.79 Å². The van der Waals surface area contributed by atoms with E-state index in [1.54, 1.807) is 26.0 Å². The van der Waals surface area contributed by atoms with Gasteiger partial charge in [-0.05, 0) is 6.07 Å². The first-order valence-electron chi connectivity index (χ1n) is 4.98. The molecule has 0 aliphatic rings. The number of benzene rings is 1. The zero-order chi connectivity index (χ0) is 13.2. The highest BCUT2D eigenvalue weighted by Crippen LogP contribution is 2.28. The maximum Gasteiger partial charge on any atom is 0.241 e. The average Bonchev–Trinajstić information content (AvgIpc) is 2.22. The van der Waals surface area contributed by atoms with Gasteiger partial charge in [0.1, 0.15) is 5.82 Å². The van der Waals surface area contributed by atoms with Gasteiger partial charge in [0.2, 0.25) is 5.91 Å². The van der Waals surface area contributed by atoms with E-state index < -0.39 is 5.82 Å². The summed E-state index contributed by atoms with van der Waals surface area (Å²) >= 11 is 5.60. The quantitative estimate of drug-likeness (QED) is 0.839. The van der Waals surface area contributed by atoms with Crippen LogP contribution in [0.1, 0.15) is 0 Å². The van der Waals surface area contributed by atoms with Gasteiger partial charge in [-0.15, -0.1) is 0 Å². The van der Waals surface area contributed by atoms with Crippen molar-refractivity contribution >= 4 is 28.9 Å². The highest BCUT2D eigenvalue weighted by atomic mass is 35.5. The van der Waals surface area contributed by atoms with Crippen molar-refractivity contribution in [2.45, 2.75) is 0 Å². The Hall–Kier alpha value is -1.49. The Bertz CT molecular complexity index is 437. The molecular weight excluding hydrogens is 245 g/mol. The van der Waals surface area contributed by atoms with E-state index in [-0.39, 0.29) is 17.5 Å². The summed E-state index contributed by atoms with van der Waals surface area (Å²) in [6.07, 6.45) is 0. The van der Waals surface area contributed by atoms with Gasteiger partial charge >= 0.3 is 0 Å². The Balaban J connectivity index is 2.93. The first-order valence-corrected chi connectivity index (χ1v) is 5.36. The van der Waals surface area contributed by atoms with Crippen molar-refractivity contribution in [1.82, 2.24) is 4.90 Å². The number of rotatable bonds is 3. The minimum absolute atomic E-state index is 0.0291. The third kappa shape index (κ3) is 3.23. The van der Waals surface area contributed by atoms with Gasteiger partial charge in [0.25, 0.3) is 0 Å². The first-order chi connectivity index (χ1) is 7.82. The zero-order valence-electron chi connectivity index (χ0n) is 10.00. The van der Waals surface area contributed by atoms with E-state index in [1.165, 1.54) is 17.0 Å². The Kier molecular flexibility index (Phi) is 4.17. The molecule has 0 saturated carbocycles. The Morgan fingerprint density at radius 1 is 1.41 bits per heavy atom. The highest BCUT2D eigenvalue weighted by Gasteiger charge is 2.13. The van der Waals surface area contributed by atoms with Crippen molar-refractivity contribution in [3.8, 4) is 0 Å². The lowest BCUT2D eigenvalue weighted by Crippen LogP contribution is -2.34. The topological polar surface area (TPSA) is 49.6 Å². The second-order valence-electron chi connectivity index (χ2n) is 3.97. The largest absolute Gasteiger partial charge is 0.397 e. The summed E-state index contributed by atoms with van der Waals surface area (Å²) in [5.74, 6) is -0.651. The molecule has 0 aromatic heterocycles. The smallest absolute Gasteiger partial charge is 0.241 e. The van der Waals surface area contributed by atoms with Crippen LogP contribution in [0.15, 0.2) is 12.1 Å². The van der Waals surface area contributed by atoms with Crippen LogP contribution in [0.4, 0.5) is 15.8 Å². The molecule has 0 bridgehead atoms. The maximum atomic E-state index is 13.3. The fourth-order valence-electron chi connectivity index (χ4n) is 1.31. The predicted molar refractivity (Wildman–Crippen MR) is 67.8 cm³/mol. The van der Waals surface area contributed by atoms with Gasteiger partial charge in [0, 0.05) is 27.2 Å². The van der Waals surface area contributed by atoms with Crippen molar-refractivity contribution in [1.29, 1.82) is 0 Å². The Morgan fingerprint density at radius 2 is 2.00 bits per heavy atom. The lowest BCUT2D eigenvalue weighted by atomic mass is 10.2. The van der Waals surface area contributed by atoms with E-state index in [2.05, 4.69) is 0 Å². The van der Waals surface area contributed by atoms with Gasteiger partial charge in [0.05, 0.1) is 22.9 Å². The number of halogens is 2. The first kappa shape index (κ1) is 13.6. The third-order valence-corrected chi connectivity index (χ3v) is 2.64. The monoisotopic (exact) mass is 259 g/mol. The molecule has 1 aromatic carbocycles. The number of likely N-dealkylation sites (N-methyl/N-ethyl adjacent to an activating group) is 2. The SMILES string of the molecule is CN(C)C(=O)CN(C)c1cc(F)c(Cl)cc1N. The molecule has 0 aliphatic heterocycles. The summed E-state index contributed by atoms with van der Waals surface area (Å²) in [5.41, 5.74) is 6.51. The number of amides is 1. The van der Waals surface area contributed by atoms with E-state index in [0.717, 1.165) is 0 Å². The number of nitrogen functional groups attached to an aromatic ring is 1. The lowest BCUT2D eigenvalue weighted by Gasteiger charge is -2.22. The standard InChI is InChI=1S/C11H15ClFN3O/c1-15(2)11(17)6-16(3)10-5-8(13)7(12)4-9(10)14/h4-5H,6,14H2,1-3H3. The molecule has 1 aromatic rings. The number of nitrogens with two attached hydrogens (primary N) is 1. The molecule has 94 valence electrons. The lowest BCUT2D eigenvalue weighted by molar-refractivity contribution is -0.127. The molecule has 0 aliphatic carbocycles. The normalized spacial score (nSPS) is 10.2. The van der Waals surface area contributed by atoms with Crippen LogP contribution in [0.25, 0.3) is 0 Å². The molecule has 0 spiro atoms. The summed E-state index contributed by atoms with van der Waals surface area (Å²) in [6.45, 7) is 0.123. The molecule has 17 heavy (non-hydrogen) atoms. The van der Waals surface area contributed by atoms with Gasteiger partial charge in [-0.1, -0.05) is 11.6 Å². The van der Waals surface area contributed by atoms with Crippen molar-refractivity contribution in [2.75, 3.05) is 38.3 Å². The van der Waals surface area contributed by atoms with Crippen LogP contribution in [-0.4, -0.2) is 38.5 Å². The number of nitrogens with zero attached hydrogens (tertiary/aromatic N) is 2. The molecule has 4 nitrogen and oxygen atoms in total. The summed E-state index contributed by atoms with van der Waals surface area (Å²) < 4.78 is 13.3. The number of hydrogen-bond acceptors (Lipinski definition) is 3. The van der Waals surface area contributed by atoms with Crippen LogP contribution in [0, 0.1) is 5.82 Å². The van der Waals surface area contributed by atoms with E-state index in [1.807, 2.05) is 0 Å². The molecule has 2 N–H and O–H groups in total. The molecule has 0 radical (unpaired) electrons. The van der Waals surface area contributed by atoms with Gasteiger partial charge in [-0.25, -0.2) is 4.39 Å². The molecule has 0 fully saturated rings. The number of carbonyl (C=O) groups is 1. The van der Waals surface area contributed by atoms with E-state index >= 15 is 0 Å². The van der Waals surface area contributed by atoms with Crippen LogP contribution in [0.2, 0.25) is 5.02 Å². The second-order valence-corrected chi connectivity index (χ2v) is 4.38. The van der Waals surface area contributed by atoms with Crippen LogP contribution >= 0.6 is 11.6 Å². The minimum atomic E-state index is -0.556. The average molecular weight is 260 g/mol. The number of anilines is 2. The summed E-state index contributed by atoms with van der Waals surface area (Å²) in [5, 5.41) is -0.0291. The molecule has 0 saturated heterocycles. The van der Waals surface area contributed by atoms with E-state index in [0.29, 0.717) is 11.4 Å². The van der Waals surface area contributed by atoms with Gasteiger partial charge < -0.3 is 15.5 Å². The van der Waals surface area contributed by atoms with Gasteiger partial charge in [-0.2, -0.15) is 0 Å². The highest BCUT2D eigenvalue weighted by molar-refractivity contribution is 6.31. The Labute approximate surface area is 105 Å². The predicted octanol–water partition coefficient (Wildman–Crippen LogP) is 1.59. The minimum Gasteiger partial charge on any atom is -0.397 e. The third-order valence-electron chi connectivity index (χ3n) is 2.35.